The first-order valence-electron chi connectivity index (χ1n) is 24.2. The largest absolute Gasteiger partial charge is 0.502 e. The molecule has 0 fully saturated rings. The minimum atomic E-state index is -0.489. The number of benzene rings is 6. The van der Waals surface area contributed by atoms with Gasteiger partial charge in [-0.05, 0) is 165 Å². The lowest BCUT2D eigenvalue weighted by atomic mass is 10.0. The summed E-state index contributed by atoms with van der Waals surface area (Å²) in [5.41, 5.74) is 3.88. The molecule has 0 N–H and O–H groups in total. The predicted octanol–water partition coefficient (Wildman–Crippen LogP) is 10.3. The van der Waals surface area contributed by atoms with Crippen molar-refractivity contribution < 1.29 is 66.7 Å². The highest BCUT2D eigenvalue weighted by Gasteiger charge is 2.26. The van der Waals surface area contributed by atoms with E-state index in [4.69, 9.17) is 37.9 Å². The van der Waals surface area contributed by atoms with Crippen molar-refractivity contribution in [3.05, 3.63) is 218 Å². The van der Waals surface area contributed by atoms with Crippen molar-refractivity contribution in [3.8, 4) is 34.5 Å². The van der Waals surface area contributed by atoms with Gasteiger partial charge in [-0.2, -0.15) is 0 Å². The number of hydrogen-bond acceptors (Lipinski definition) is 14. The van der Waals surface area contributed by atoms with Gasteiger partial charge in [-0.1, -0.05) is 37.4 Å². The lowest BCUT2D eigenvalue weighted by molar-refractivity contribution is -0.121. The fourth-order valence-corrected chi connectivity index (χ4v) is 7.27. The van der Waals surface area contributed by atoms with Crippen LogP contribution in [0.25, 0.3) is 0 Å². The molecule has 16 heteroatoms. The lowest BCUT2D eigenvalue weighted by Crippen LogP contribution is -2.29. The van der Waals surface area contributed by atoms with Crippen LogP contribution in [0.4, 0.5) is 11.4 Å². The lowest BCUT2D eigenvalue weighted by Gasteiger charge is -2.14. The molecule has 0 atom stereocenters. The Morgan fingerprint density at radius 2 is 0.684 bits per heavy atom. The van der Waals surface area contributed by atoms with Crippen LogP contribution in [0.15, 0.2) is 196 Å². The van der Waals surface area contributed by atoms with Gasteiger partial charge in [-0.3, -0.25) is 19.2 Å². The summed E-state index contributed by atoms with van der Waals surface area (Å²) in [4.78, 5) is 74.3. The van der Waals surface area contributed by atoms with E-state index in [1.807, 2.05) is 24.3 Å². The Bertz CT molecular complexity index is 2970. The van der Waals surface area contributed by atoms with Crippen molar-refractivity contribution >= 4 is 46.9 Å². The van der Waals surface area contributed by atoms with E-state index in [0.29, 0.717) is 89.8 Å². The molecule has 388 valence electrons. The zero-order chi connectivity index (χ0) is 53.5. The minimum absolute atomic E-state index is 0.0708. The summed E-state index contributed by atoms with van der Waals surface area (Å²) in [6.07, 6.45) is 11.9. The van der Waals surface area contributed by atoms with Crippen LogP contribution in [0, 0.1) is 0 Å². The third-order valence-electron chi connectivity index (χ3n) is 11.2. The van der Waals surface area contributed by atoms with E-state index in [1.165, 1.54) is 36.8 Å². The van der Waals surface area contributed by atoms with E-state index in [0.717, 1.165) is 46.6 Å². The highest BCUT2D eigenvalue weighted by Crippen LogP contribution is 2.26. The summed E-state index contributed by atoms with van der Waals surface area (Å²) in [5, 5.41) is 0. The normalized spacial score (nSPS) is 12.4. The second-order valence-corrected chi connectivity index (χ2v) is 16.6. The number of amides is 4. The van der Waals surface area contributed by atoms with Gasteiger partial charge in [-0.25, -0.2) is 19.4 Å². The fourth-order valence-electron chi connectivity index (χ4n) is 7.27. The van der Waals surface area contributed by atoms with Gasteiger partial charge in [0.25, 0.3) is 23.6 Å². The molecule has 0 saturated heterocycles. The molecule has 0 saturated carbocycles. The molecule has 0 radical (unpaired) electrons. The minimum Gasteiger partial charge on any atom is -0.502 e. The van der Waals surface area contributed by atoms with Crippen LogP contribution in [-0.2, 0) is 35.1 Å². The zero-order valence-corrected chi connectivity index (χ0v) is 41.4. The molecule has 4 amide bonds. The molecule has 2 aliphatic rings. The van der Waals surface area contributed by atoms with Crippen molar-refractivity contribution in [3.63, 3.8) is 0 Å². The summed E-state index contributed by atoms with van der Waals surface area (Å²) in [6.45, 7) is 9.27. The average Bonchev–Trinajstić information content (AvgIpc) is 3.98. The van der Waals surface area contributed by atoms with Crippen LogP contribution in [0.5, 0.6) is 34.5 Å². The number of anilines is 2. The number of unbranched alkanes of at least 4 members (excludes halogenated alkanes) is 2. The Hall–Kier alpha value is -9.70. The second-order valence-electron chi connectivity index (χ2n) is 16.6. The topological polar surface area (TPSA) is 183 Å². The molecule has 0 spiro atoms. The average molecular weight is 1030 g/mol. The smallest absolute Gasteiger partial charge is 0.343 e. The van der Waals surface area contributed by atoms with E-state index in [2.05, 4.69) is 13.2 Å². The number of esters is 2. The molecule has 76 heavy (non-hydrogen) atoms. The predicted molar refractivity (Wildman–Crippen MR) is 283 cm³/mol. The Kier molecular flexibility index (Phi) is 19.9. The molecule has 6 aromatic carbocycles. The standard InChI is InChI=1S/C30H27NO8.C30H27NO6/c1-2-35-19-3-4-20-36-24-9-5-22(6-10-24)30(34)39-27-15-13-26(14-16-27)38-21-37-25-11-7-23(8-12-25)31-28(32)17-18-29(31)33;1-2-35-19-3-4-20-36-26-15-9-24(10-16-26)30(34)37-27-13-7-23(8-14-27)21-22-5-11-25(12-6-22)31-28(32)17-18-29(31)33/h2,5-18H,1,3-4,19-21H2;2,5-18H,1,3-4,19-21H2. The number of nitrogens with zero attached hydrogens (tertiary/aromatic N) is 2. The number of rotatable bonds is 26. The van der Waals surface area contributed by atoms with Crippen LogP contribution < -0.4 is 38.2 Å². The quantitative estimate of drug-likeness (QED) is 0.0125. The number of imide groups is 2. The fraction of sp³-hybridized carbons (Fsp3) is 0.167. The van der Waals surface area contributed by atoms with Crippen LogP contribution in [-0.4, -0.2) is 68.8 Å². The van der Waals surface area contributed by atoms with Gasteiger partial charge in [0.15, 0.2) is 0 Å². The number of carbonyl (C=O) groups excluding carboxylic acids is 6. The van der Waals surface area contributed by atoms with Crippen molar-refractivity contribution in [1.29, 1.82) is 0 Å². The highest BCUT2D eigenvalue weighted by atomic mass is 16.7. The van der Waals surface area contributed by atoms with E-state index in [9.17, 15) is 28.8 Å². The van der Waals surface area contributed by atoms with Crippen molar-refractivity contribution in [1.82, 2.24) is 0 Å². The van der Waals surface area contributed by atoms with Crippen molar-refractivity contribution in [2.75, 3.05) is 43.0 Å². The molecule has 0 aliphatic carbocycles. The monoisotopic (exact) mass is 1030 g/mol. The van der Waals surface area contributed by atoms with Gasteiger partial charge in [-0.15, -0.1) is 0 Å². The van der Waals surface area contributed by atoms with E-state index < -0.39 is 11.9 Å². The molecular weight excluding hydrogens is 973 g/mol. The third kappa shape index (κ3) is 16.2. The second kappa shape index (κ2) is 27.9. The van der Waals surface area contributed by atoms with Gasteiger partial charge < -0.3 is 37.9 Å². The van der Waals surface area contributed by atoms with E-state index >= 15 is 0 Å². The first-order chi connectivity index (χ1) is 37.1. The van der Waals surface area contributed by atoms with Gasteiger partial charge in [0.2, 0.25) is 6.79 Å². The zero-order valence-electron chi connectivity index (χ0n) is 41.4. The molecule has 0 bridgehead atoms. The maximum atomic E-state index is 12.5. The Morgan fingerprint density at radius 1 is 0.382 bits per heavy atom. The summed E-state index contributed by atoms with van der Waals surface area (Å²) < 4.78 is 43.5. The van der Waals surface area contributed by atoms with Crippen molar-refractivity contribution in [2.45, 2.75) is 32.1 Å². The number of hydrogen-bond donors (Lipinski definition) is 0. The molecule has 0 unspecified atom stereocenters. The number of carbonyl (C=O) groups is 6. The SMILES string of the molecule is C=COCCCCOc1ccc(C(=O)Oc2ccc(Cc3ccc(N4C(=O)C=CC4=O)cc3)cc2)cc1.C=COCCCCOc1ccc(C(=O)Oc2ccc(OCOc3ccc(N4C(=O)C=CC4=O)cc3)cc2)cc1. The first-order valence-corrected chi connectivity index (χ1v) is 24.2. The molecular formula is C60H54N2O14. The maximum Gasteiger partial charge on any atom is 0.343 e. The van der Waals surface area contributed by atoms with Crippen LogP contribution in [0.3, 0.4) is 0 Å². The summed E-state index contributed by atoms with van der Waals surface area (Å²) in [5.74, 6) is 0.818. The molecule has 8 rings (SSSR count). The van der Waals surface area contributed by atoms with E-state index in [-0.39, 0.29) is 30.4 Å². The van der Waals surface area contributed by atoms with Crippen LogP contribution >= 0.6 is 0 Å². The third-order valence-corrected chi connectivity index (χ3v) is 11.2. The highest BCUT2D eigenvalue weighted by molar-refractivity contribution is 6.28. The molecule has 2 heterocycles. The Morgan fingerprint density at radius 3 is 1.08 bits per heavy atom. The molecule has 16 nitrogen and oxygen atoms in total. The van der Waals surface area contributed by atoms with Crippen LogP contribution in [0.2, 0.25) is 0 Å². The summed E-state index contributed by atoms with van der Waals surface area (Å²) >= 11 is 0. The van der Waals surface area contributed by atoms with E-state index in [1.54, 1.807) is 121 Å². The maximum absolute atomic E-state index is 12.5. The van der Waals surface area contributed by atoms with Gasteiger partial charge in [0, 0.05) is 24.3 Å². The van der Waals surface area contributed by atoms with Crippen molar-refractivity contribution in [2.24, 2.45) is 0 Å². The molecule has 2 aliphatic heterocycles. The summed E-state index contributed by atoms with van der Waals surface area (Å²) in [7, 11) is 0. The summed E-state index contributed by atoms with van der Waals surface area (Å²) in [6, 6.07) is 41.2. The van der Waals surface area contributed by atoms with Gasteiger partial charge in [0.1, 0.15) is 34.5 Å². The molecule has 6 aromatic rings. The first kappa shape index (κ1) is 54.1. The van der Waals surface area contributed by atoms with Gasteiger partial charge >= 0.3 is 11.9 Å². The molecule has 0 aromatic heterocycles. The van der Waals surface area contributed by atoms with Gasteiger partial charge in [0.05, 0.1) is 61.5 Å². The van der Waals surface area contributed by atoms with Crippen LogP contribution in [0.1, 0.15) is 57.5 Å². The number of ether oxygens (including phenoxy) is 8. The Balaban J connectivity index is 0.000000221. The Labute approximate surface area is 439 Å².